The normalized spacial score (nSPS) is 20.9. The van der Waals surface area contributed by atoms with Crippen LogP contribution in [0.1, 0.15) is 43.7 Å². The topological polar surface area (TPSA) is 64.4 Å². The van der Waals surface area contributed by atoms with E-state index in [4.69, 9.17) is 11.6 Å². The molecule has 6 heteroatoms. The lowest BCUT2D eigenvalue weighted by Gasteiger charge is -2.45. The number of benzene rings is 3. The molecule has 0 spiro atoms. The van der Waals surface area contributed by atoms with E-state index in [0.29, 0.717) is 34.0 Å². The molecule has 0 amide bonds. The second kappa shape index (κ2) is 9.07. The minimum atomic E-state index is -0.923. The van der Waals surface area contributed by atoms with E-state index < -0.39 is 11.7 Å². The summed E-state index contributed by atoms with van der Waals surface area (Å²) < 4.78 is 15.3. The summed E-state index contributed by atoms with van der Waals surface area (Å²) in [7, 11) is 0. The largest absolute Gasteiger partial charge is 0.507 e. The van der Waals surface area contributed by atoms with Gasteiger partial charge in [0.1, 0.15) is 17.4 Å². The van der Waals surface area contributed by atoms with Crippen LogP contribution < -0.4 is 4.90 Å². The lowest BCUT2D eigenvalue weighted by Crippen LogP contribution is -2.45. The highest BCUT2D eigenvalue weighted by atomic mass is 35.5. The molecule has 1 aliphatic heterocycles. The molecule has 2 aliphatic rings. The monoisotopic (exact) mass is 500 g/mol. The van der Waals surface area contributed by atoms with E-state index in [9.17, 15) is 15.3 Å². The van der Waals surface area contributed by atoms with Crippen LogP contribution in [-0.4, -0.2) is 16.7 Å². The quantitative estimate of drug-likeness (QED) is 0.362. The molecule has 5 rings (SSSR count). The van der Waals surface area contributed by atoms with Gasteiger partial charge in [-0.2, -0.15) is 0 Å². The molecule has 0 saturated carbocycles. The number of hydrogen-bond donors (Lipinski definition) is 2. The van der Waals surface area contributed by atoms with Crippen molar-refractivity contribution < 1.29 is 14.3 Å². The first-order valence-electron chi connectivity index (χ1n) is 11.8. The number of allylic oxidation sites excluding steroid dienone is 2. The average molecular weight is 501 g/mol. The first-order chi connectivity index (χ1) is 17.2. The number of carbonyl (C=O) groups excluding carboxylic acids is 1. The van der Waals surface area contributed by atoms with Gasteiger partial charge in [-0.1, -0.05) is 80.0 Å². The summed E-state index contributed by atoms with van der Waals surface area (Å²) >= 11 is 6.32. The van der Waals surface area contributed by atoms with Crippen molar-refractivity contribution in [1.29, 1.82) is 5.41 Å². The predicted molar refractivity (Wildman–Crippen MR) is 142 cm³/mol. The first kappa shape index (κ1) is 24.0. The molecule has 0 aromatic heterocycles. The number of Topliss-reactive ketones (excluding diaryl/α,β-unsaturated/α-hetero) is 1. The molecule has 1 atom stereocenters. The molecule has 182 valence electrons. The van der Waals surface area contributed by atoms with Crippen LogP contribution >= 0.6 is 11.6 Å². The van der Waals surface area contributed by atoms with Gasteiger partial charge >= 0.3 is 0 Å². The Bertz CT molecular complexity index is 1440. The summed E-state index contributed by atoms with van der Waals surface area (Å²) in [4.78, 5) is 15.5. The molecule has 0 saturated heterocycles. The van der Waals surface area contributed by atoms with Gasteiger partial charge in [0.2, 0.25) is 0 Å². The standard InChI is InChI=1S/C30H26ClFN2O2/c1-30(2)16-23-26(24(35)17-30)25(21-13-6-7-14-22(21)32)27(28(36)18-9-4-3-5-10-18)29(33)34(23)20-12-8-11-19(31)15-20/h3-15,25,33,36H,16-17H2,1-2H3/b28-27+,33-29?. The average Bonchev–Trinajstić information content (AvgIpc) is 2.83. The number of anilines is 1. The number of amidine groups is 1. The van der Waals surface area contributed by atoms with E-state index in [1.165, 1.54) is 6.07 Å². The van der Waals surface area contributed by atoms with Crippen molar-refractivity contribution in [2.75, 3.05) is 4.90 Å². The maximum atomic E-state index is 15.3. The number of rotatable bonds is 3. The van der Waals surface area contributed by atoms with Crippen molar-refractivity contribution in [3.63, 3.8) is 0 Å². The molecule has 1 unspecified atom stereocenters. The highest BCUT2D eigenvalue weighted by Gasteiger charge is 2.47. The highest BCUT2D eigenvalue weighted by molar-refractivity contribution is 6.31. The highest BCUT2D eigenvalue weighted by Crippen LogP contribution is 2.51. The zero-order valence-electron chi connectivity index (χ0n) is 20.1. The van der Waals surface area contributed by atoms with Crippen LogP contribution in [0, 0.1) is 16.6 Å². The number of aliphatic hydroxyl groups excluding tert-OH is 1. The SMILES string of the molecule is CC1(C)CC(=O)C2=C(C1)N(c1cccc(Cl)c1)C(=N)/C(=C(/O)c1ccccc1)C2c1ccccc1F. The Morgan fingerprint density at radius 2 is 1.72 bits per heavy atom. The Labute approximate surface area is 214 Å². The summed E-state index contributed by atoms with van der Waals surface area (Å²) in [6.45, 7) is 4.03. The molecule has 36 heavy (non-hydrogen) atoms. The molecule has 3 aromatic carbocycles. The summed E-state index contributed by atoms with van der Waals surface area (Å²) in [5, 5.41) is 21.4. The number of halogens is 2. The van der Waals surface area contributed by atoms with E-state index in [-0.39, 0.29) is 40.4 Å². The minimum absolute atomic E-state index is 0.0175. The summed E-state index contributed by atoms with van der Waals surface area (Å²) in [6, 6.07) is 22.2. The number of ketones is 1. The van der Waals surface area contributed by atoms with E-state index in [1.54, 1.807) is 65.6 Å². The van der Waals surface area contributed by atoms with Gasteiger partial charge in [-0.05, 0) is 36.1 Å². The molecule has 2 N–H and O–H groups in total. The van der Waals surface area contributed by atoms with Gasteiger partial charge in [0.25, 0.3) is 0 Å². The number of nitrogens with zero attached hydrogens (tertiary/aromatic N) is 1. The van der Waals surface area contributed by atoms with E-state index >= 15 is 4.39 Å². The van der Waals surface area contributed by atoms with Gasteiger partial charge in [-0.25, -0.2) is 4.39 Å². The minimum Gasteiger partial charge on any atom is -0.507 e. The van der Waals surface area contributed by atoms with Crippen molar-refractivity contribution in [3.8, 4) is 0 Å². The van der Waals surface area contributed by atoms with Crippen molar-refractivity contribution in [1.82, 2.24) is 0 Å². The van der Waals surface area contributed by atoms with Crippen LogP contribution in [-0.2, 0) is 4.79 Å². The molecule has 4 nitrogen and oxygen atoms in total. The molecule has 0 radical (unpaired) electrons. The maximum absolute atomic E-state index is 15.3. The fourth-order valence-electron chi connectivity index (χ4n) is 5.29. The number of hydrogen-bond acceptors (Lipinski definition) is 3. The van der Waals surface area contributed by atoms with Gasteiger partial charge in [0, 0.05) is 51.0 Å². The molecular formula is C30H26ClFN2O2. The lowest BCUT2D eigenvalue weighted by atomic mass is 9.67. The van der Waals surface area contributed by atoms with Crippen molar-refractivity contribution in [2.45, 2.75) is 32.6 Å². The fourth-order valence-corrected chi connectivity index (χ4v) is 5.47. The van der Waals surface area contributed by atoms with Crippen molar-refractivity contribution >= 4 is 34.7 Å². The van der Waals surface area contributed by atoms with Crippen molar-refractivity contribution in [3.05, 3.63) is 118 Å². The second-order valence-corrected chi connectivity index (χ2v) is 10.5. The predicted octanol–water partition coefficient (Wildman–Crippen LogP) is 7.67. The Kier molecular flexibility index (Phi) is 6.05. The Morgan fingerprint density at radius 1 is 1.03 bits per heavy atom. The molecule has 0 fully saturated rings. The molecule has 3 aromatic rings. The number of carbonyl (C=O) groups is 1. The van der Waals surface area contributed by atoms with Crippen molar-refractivity contribution in [2.24, 2.45) is 5.41 Å². The van der Waals surface area contributed by atoms with Gasteiger partial charge < -0.3 is 5.11 Å². The third-order valence-corrected chi connectivity index (χ3v) is 7.04. The number of nitrogens with one attached hydrogen (secondary N) is 1. The molecule has 1 aliphatic carbocycles. The van der Waals surface area contributed by atoms with E-state index in [1.807, 2.05) is 26.0 Å². The Morgan fingerprint density at radius 3 is 2.42 bits per heavy atom. The molecule has 0 bridgehead atoms. The van der Waals surface area contributed by atoms with Gasteiger partial charge in [-0.3, -0.25) is 15.1 Å². The van der Waals surface area contributed by atoms with Crippen LogP contribution in [0.2, 0.25) is 5.02 Å². The molecule has 1 heterocycles. The Hall–Kier alpha value is -3.70. The lowest BCUT2D eigenvalue weighted by molar-refractivity contribution is -0.118. The summed E-state index contributed by atoms with van der Waals surface area (Å²) in [5.41, 5.74) is 2.22. The van der Waals surface area contributed by atoms with Crippen LogP contribution in [0.5, 0.6) is 0 Å². The zero-order chi connectivity index (χ0) is 25.6. The summed E-state index contributed by atoms with van der Waals surface area (Å²) in [6.07, 6.45) is 0.792. The van der Waals surface area contributed by atoms with Gasteiger partial charge in [0.05, 0.1) is 0 Å². The van der Waals surface area contributed by atoms with Crippen LogP contribution in [0.25, 0.3) is 5.76 Å². The van der Waals surface area contributed by atoms with Gasteiger partial charge in [0.15, 0.2) is 5.78 Å². The maximum Gasteiger partial charge on any atom is 0.162 e. The van der Waals surface area contributed by atoms with Crippen LogP contribution in [0.15, 0.2) is 95.7 Å². The Balaban J connectivity index is 1.88. The third kappa shape index (κ3) is 4.14. The third-order valence-electron chi connectivity index (χ3n) is 6.81. The smallest absolute Gasteiger partial charge is 0.162 e. The van der Waals surface area contributed by atoms with Crippen LogP contribution in [0.4, 0.5) is 10.1 Å². The fraction of sp³-hybridized carbons (Fsp3) is 0.200. The van der Waals surface area contributed by atoms with Gasteiger partial charge in [-0.15, -0.1) is 0 Å². The van der Waals surface area contributed by atoms with E-state index in [0.717, 1.165) is 0 Å². The molecular weight excluding hydrogens is 475 g/mol. The van der Waals surface area contributed by atoms with E-state index in [2.05, 4.69) is 0 Å². The first-order valence-corrected chi connectivity index (χ1v) is 12.2. The second-order valence-electron chi connectivity index (χ2n) is 10.0. The number of aliphatic hydroxyl groups is 1. The zero-order valence-corrected chi connectivity index (χ0v) is 20.8. The summed E-state index contributed by atoms with van der Waals surface area (Å²) in [5.74, 6) is -1.71. The van der Waals surface area contributed by atoms with Crippen LogP contribution in [0.3, 0.4) is 0 Å².